The Bertz CT molecular complexity index is 626. The molecule has 0 spiro atoms. The zero-order valence-corrected chi connectivity index (χ0v) is 13.3. The van der Waals surface area contributed by atoms with Crippen LogP contribution in [0.15, 0.2) is 18.5 Å². The van der Waals surface area contributed by atoms with Crippen molar-refractivity contribution in [1.82, 2.24) is 15.0 Å². The van der Waals surface area contributed by atoms with Gasteiger partial charge in [-0.25, -0.2) is 9.97 Å². The molecule has 0 saturated carbocycles. The quantitative estimate of drug-likeness (QED) is 0.913. The molecular formula is C16H22N4O. The lowest BCUT2D eigenvalue weighted by molar-refractivity contribution is 0.241. The molecule has 0 aliphatic rings. The summed E-state index contributed by atoms with van der Waals surface area (Å²) in [6.45, 7) is 10.8. The van der Waals surface area contributed by atoms with Gasteiger partial charge in [-0.05, 0) is 40.7 Å². The molecule has 5 heteroatoms. The van der Waals surface area contributed by atoms with Crippen molar-refractivity contribution in [2.75, 3.05) is 11.9 Å². The largest absolute Gasteiger partial charge is 0.489 e. The monoisotopic (exact) mass is 286 g/mol. The van der Waals surface area contributed by atoms with E-state index in [4.69, 9.17) is 4.74 Å². The van der Waals surface area contributed by atoms with Crippen molar-refractivity contribution < 1.29 is 4.74 Å². The average molecular weight is 286 g/mol. The first-order valence-electron chi connectivity index (χ1n) is 7.22. The zero-order chi connectivity index (χ0) is 15.4. The van der Waals surface area contributed by atoms with Crippen molar-refractivity contribution in [1.29, 1.82) is 0 Å². The predicted molar refractivity (Wildman–Crippen MR) is 84.7 cm³/mol. The summed E-state index contributed by atoms with van der Waals surface area (Å²) in [5.41, 5.74) is 2.85. The van der Waals surface area contributed by atoms with E-state index in [1.54, 1.807) is 12.4 Å². The van der Waals surface area contributed by atoms with Gasteiger partial charge in [0.15, 0.2) is 0 Å². The highest BCUT2D eigenvalue weighted by atomic mass is 16.5. The summed E-state index contributed by atoms with van der Waals surface area (Å²) in [5.74, 6) is 2.36. The molecular weight excluding hydrogens is 264 g/mol. The van der Waals surface area contributed by atoms with E-state index in [0.29, 0.717) is 0 Å². The van der Waals surface area contributed by atoms with Gasteiger partial charge in [0.2, 0.25) is 0 Å². The lowest BCUT2D eigenvalue weighted by Crippen LogP contribution is -2.07. The molecule has 1 N–H and O–H groups in total. The fraction of sp³-hybridized carbons (Fsp3) is 0.438. The highest BCUT2D eigenvalue weighted by Crippen LogP contribution is 2.27. The van der Waals surface area contributed by atoms with E-state index < -0.39 is 0 Å². The van der Waals surface area contributed by atoms with Crippen LogP contribution in [0.5, 0.6) is 5.75 Å². The summed E-state index contributed by atoms with van der Waals surface area (Å²) >= 11 is 0. The lowest BCUT2D eigenvalue weighted by atomic mass is 10.1. The summed E-state index contributed by atoms with van der Waals surface area (Å²) in [4.78, 5) is 13.3. The number of aryl methyl sites for hydroxylation is 1. The van der Waals surface area contributed by atoms with Crippen LogP contribution in [0.1, 0.15) is 32.2 Å². The zero-order valence-electron chi connectivity index (χ0n) is 13.3. The van der Waals surface area contributed by atoms with E-state index in [1.165, 1.54) is 0 Å². The van der Waals surface area contributed by atoms with Gasteiger partial charge in [-0.2, -0.15) is 0 Å². The Hall–Kier alpha value is -2.17. The Morgan fingerprint density at radius 2 is 1.95 bits per heavy atom. The molecule has 0 aliphatic heterocycles. The molecule has 21 heavy (non-hydrogen) atoms. The van der Waals surface area contributed by atoms with Crippen molar-refractivity contribution >= 4 is 5.82 Å². The van der Waals surface area contributed by atoms with Gasteiger partial charge in [-0.1, -0.05) is 0 Å². The van der Waals surface area contributed by atoms with Gasteiger partial charge in [0.1, 0.15) is 17.4 Å². The first-order chi connectivity index (χ1) is 10.0. The van der Waals surface area contributed by atoms with Crippen LogP contribution < -0.4 is 10.1 Å². The van der Waals surface area contributed by atoms with Gasteiger partial charge >= 0.3 is 0 Å². The second-order valence-corrected chi connectivity index (χ2v) is 5.20. The number of hydrogen-bond acceptors (Lipinski definition) is 5. The lowest BCUT2D eigenvalue weighted by Gasteiger charge is -2.13. The van der Waals surface area contributed by atoms with E-state index in [-0.39, 0.29) is 6.10 Å². The fourth-order valence-corrected chi connectivity index (χ4v) is 2.13. The molecule has 0 aliphatic carbocycles. The summed E-state index contributed by atoms with van der Waals surface area (Å²) < 4.78 is 5.70. The molecule has 2 heterocycles. The van der Waals surface area contributed by atoms with Gasteiger partial charge in [0.25, 0.3) is 0 Å². The number of pyridine rings is 1. The maximum absolute atomic E-state index is 5.70. The van der Waals surface area contributed by atoms with E-state index in [1.807, 2.05) is 33.8 Å². The first kappa shape index (κ1) is 15.2. The van der Waals surface area contributed by atoms with Gasteiger partial charge in [0, 0.05) is 23.9 Å². The molecule has 2 rings (SSSR count). The Kier molecular flexibility index (Phi) is 4.73. The molecule has 0 atom stereocenters. The van der Waals surface area contributed by atoms with Crippen molar-refractivity contribution in [3.63, 3.8) is 0 Å². The number of nitrogens with one attached hydrogen (secondary N) is 1. The van der Waals surface area contributed by atoms with Crippen molar-refractivity contribution in [2.24, 2.45) is 0 Å². The molecule has 0 bridgehead atoms. The number of anilines is 1. The number of nitrogens with zero attached hydrogens (tertiary/aromatic N) is 3. The Balaban J connectivity index is 2.46. The average Bonchev–Trinajstić information content (AvgIpc) is 2.42. The summed E-state index contributed by atoms with van der Waals surface area (Å²) in [5, 5.41) is 3.27. The van der Waals surface area contributed by atoms with Crippen molar-refractivity contribution in [2.45, 2.75) is 40.7 Å². The van der Waals surface area contributed by atoms with Crippen LogP contribution in [0.3, 0.4) is 0 Å². The number of ether oxygens (including phenoxy) is 1. The number of rotatable bonds is 5. The third-order valence-electron chi connectivity index (χ3n) is 2.96. The predicted octanol–water partition coefficient (Wildman–Crippen LogP) is 3.37. The SMILES string of the molecule is CCNc1nc(C)nc(-c2cncc(OC(C)C)c2)c1C. The van der Waals surface area contributed by atoms with Crippen LogP contribution >= 0.6 is 0 Å². The molecule has 0 radical (unpaired) electrons. The van der Waals surface area contributed by atoms with E-state index in [9.17, 15) is 0 Å². The van der Waals surface area contributed by atoms with Gasteiger partial charge in [0.05, 0.1) is 18.0 Å². The molecule has 0 unspecified atom stereocenters. The standard InChI is InChI=1S/C16H22N4O/c1-6-18-16-11(4)15(19-12(5)20-16)13-7-14(9-17-8-13)21-10(2)3/h7-10H,6H2,1-5H3,(H,18,19,20). The smallest absolute Gasteiger partial charge is 0.138 e. The molecule has 0 aromatic carbocycles. The second kappa shape index (κ2) is 6.52. The van der Waals surface area contributed by atoms with Crippen LogP contribution in [-0.4, -0.2) is 27.6 Å². The Morgan fingerprint density at radius 1 is 1.19 bits per heavy atom. The van der Waals surface area contributed by atoms with Gasteiger partial charge in [-0.3, -0.25) is 4.98 Å². The van der Waals surface area contributed by atoms with E-state index >= 15 is 0 Å². The third kappa shape index (κ3) is 3.68. The Morgan fingerprint density at radius 3 is 2.62 bits per heavy atom. The van der Waals surface area contributed by atoms with E-state index in [2.05, 4.69) is 27.2 Å². The third-order valence-corrected chi connectivity index (χ3v) is 2.96. The minimum absolute atomic E-state index is 0.118. The first-order valence-corrected chi connectivity index (χ1v) is 7.22. The highest BCUT2D eigenvalue weighted by Gasteiger charge is 2.12. The topological polar surface area (TPSA) is 59.9 Å². The van der Waals surface area contributed by atoms with Crippen molar-refractivity contribution in [3.8, 4) is 17.0 Å². The van der Waals surface area contributed by atoms with Crippen molar-refractivity contribution in [3.05, 3.63) is 29.8 Å². The Labute approximate surface area is 125 Å². The molecule has 0 fully saturated rings. The molecule has 0 amide bonds. The van der Waals surface area contributed by atoms with Crippen LogP contribution in [0.4, 0.5) is 5.82 Å². The summed E-state index contributed by atoms with van der Waals surface area (Å²) in [7, 11) is 0. The van der Waals surface area contributed by atoms with Crippen LogP contribution in [-0.2, 0) is 0 Å². The molecule has 5 nitrogen and oxygen atoms in total. The molecule has 112 valence electrons. The van der Waals surface area contributed by atoms with Gasteiger partial charge < -0.3 is 10.1 Å². The minimum atomic E-state index is 0.118. The minimum Gasteiger partial charge on any atom is -0.489 e. The highest BCUT2D eigenvalue weighted by molar-refractivity contribution is 5.68. The number of aromatic nitrogens is 3. The summed E-state index contributed by atoms with van der Waals surface area (Å²) in [6, 6.07) is 1.97. The fourth-order valence-electron chi connectivity index (χ4n) is 2.13. The molecule has 0 saturated heterocycles. The van der Waals surface area contributed by atoms with Crippen LogP contribution in [0.25, 0.3) is 11.3 Å². The maximum Gasteiger partial charge on any atom is 0.138 e. The molecule has 2 aromatic rings. The van der Waals surface area contributed by atoms with Gasteiger partial charge in [-0.15, -0.1) is 0 Å². The normalized spacial score (nSPS) is 10.8. The molecule has 2 aromatic heterocycles. The number of hydrogen-bond donors (Lipinski definition) is 1. The van der Waals surface area contributed by atoms with E-state index in [0.717, 1.165) is 40.8 Å². The van der Waals surface area contributed by atoms with Crippen LogP contribution in [0, 0.1) is 13.8 Å². The second-order valence-electron chi connectivity index (χ2n) is 5.20. The van der Waals surface area contributed by atoms with Crippen LogP contribution in [0.2, 0.25) is 0 Å². The summed E-state index contributed by atoms with van der Waals surface area (Å²) in [6.07, 6.45) is 3.64. The maximum atomic E-state index is 5.70.